The van der Waals surface area contributed by atoms with Crippen LogP contribution in [0.15, 0.2) is 30.5 Å². The number of aromatic nitrogens is 2. The van der Waals surface area contributed by atoms with Crippen LogP contribution in [-0.2, 0) is 6.42 Å². The molecular weight excluding hydrogens is 272 g/mol. The topological polar surface area (TPSA) is 63.8 Å². The minimum atomic E-state index is 0.679. The summed E-state index contributed by atoms with van der Waals surface area (Å²) >= 11 is 5.89. The smallest absolute Gasteiger partial charge is 0.159 e. The zero-order valence-corrected chi connectivity index (χ0v) is 12.3. The lowest BCUT2D eigenvalue weighted by molar-refractivity contribution is 0.867. The van der Waals surface area contributed by atoms with Gasteiger partial charge in [0, 0.05) is 17.1 Å². The van der Waals surface area contributed by atoms with Gasteiger partial charge in [-0.05, 0) is 43.7 Å². The number of nitrogens with two attached hydrogens (primary N) is 1. The normalized spacial score (nSPS) is 10.6. The van der Waals surface area contributed by atoms with Crippen molar-refractivity contribution in [2.24, 2.45) is 5.73 Å². The number of nitrogens with zero attached hydrogens (tertiary/aromatic N) is 2. The summed E-state index contributed by atoms with van der Waals surface area (Å²) in [6.45, 7) is 3.60. The number of hydrogen-bond acceptors (Lipinski definition) is 4. The van der Waals surface area contributed by atoms with Crippen LogP contribution in [0, 0.1) is 0 Å². The third kappa shape index (κ3) is 3.68. The van der Waals surface area contributed by atoms with Crippen molar-refractivity contribution in [1.29, 1.82) is 0 Å². The zero-order chi connectivity index (χ0) is 14.4. The fraction of sp³-hybridized carbons (Fsp3) is 0.333. The van der Waals surface area contributed by atoms with Crippen molar-refractivity contribution >= 4 is 17.3 Å². The van der Waals surface area contributed by atoms with E-state index >= 15 is 0 Å². The molecule has 4 nitrogen and oxygen atoms in total. The fourth-order valence-electron chi connectivity index (χ4n) is 1.90. The molecule has 0 spiro atoms. The van der Waals surface area contributed by atoms with Crippen LogP contribution < -0.4 is 11.1 Å². The molecule has 1 aromatic heterocycles. The summed E-state index contributed by atoms with van der Waals surface area (Å²) in [6.07, 6.45) is 3.63. The van der Waals surface area contributed by atoms with Gasteiger partial charge in [0.2, 0.25) is 0 Å². The molecule has 0 aliphatic heterocycles. The molecule has 3 N–H and O–H groups in total. The molecule has 1 heterocycles. The Hall–Kier alpha value is -1.65. The number of nitrogens with one attached hydrogen (secondary N) is 1. The van der Waals surface area contributed by atoms with Crippen LogP contribution >= 0.6 is 11.6 Å². The zero-order valence-electron chi connectivity index (χ0n) is 11.6. The van der Waals surface area contributed by atoms with Crippen molar-refractivity contribution in [3.8, 4) is 11.4 Å². The number of anilines is 1. The summed E-state index contributed by atoms with van der Waals surface area (Å²) in [6, 6.07) is 7.55. The minimum Gasteiger partial charge on any atom is -0.382 e. The van der Waals surface area contributed by atoms with Gasteiger partial charge in [-0.15, -0.1) is 0 Å². The van der Waals surface area contributed by atoms with Gasteiger partial charge >= 0.3 is 0 Å². The first-order valence-electron chi connectivity index (χ1n) is 6.80. The van der Waals surface area contributed by atoms with Crippen LogP contribution in [0.2, 0.25) is 5.02 Å². The Morgan fingerprint density at radius 2 is 2.00 bits per heavy atom. The van der Waals surface area contributed by atoms with Gasteiger partial charge in [-0.2, -0.15) is 0 Å². The third-order valence-corrected chi connectivity index (χ3v) is 3.25. The molecule has 0 radical (unpaired) electrons. The highest BCUT2D eigenvalue weighted by Crippen LogP contribution is 2.21. The Morgan fingerprint density at radius 1 is 1.25 bits per heavy atom. The van der Waals surface area contributed by atoms with Crippen molar-refractivity contribution in [3.05, 3.63) is 41.2 Å². The summed E-state index contributed by atoms with van der Waals surface area (Å²) in [5.74, 6) is 0.725. The van der Waals surface area contributed by atoms with Crippen molar-refractivity contribution in [2.75, 3.05) is 18.4 Å². The third-order valence-electron chi connectivity index (χ3n) is 3.00. The summed E-state index contributed by atoms with van der Waals surface area (Å²) in [7, 11) is 0. The van der Waals surface area contributed by atoms with Crippen molar-refractivity contribution in [2.45, 2.75) is 19.8 Å². The lowest BCUT2D eigenvalue weighted by atomic mass is 10.2. The summed E-state index contributed by atoms with van der Waals surface area (Å²) in [5.41, 5.74) is 8.46. The molecule has 0 amide bonds. The molecule has 20 heavy (non-hydrogen) atoms. The van der Waals surface area contributed by atoms with Crippen LogP contribution in [0.3, 0.4) is 0 Å². The van der Waals surface area contributed by atoms with Crippen LogP contribution in [0.5, 0.6) is 0 Å². The highest BCUT2D eigenvalue weighted by molar-refractivity contribution is 6.30. The maximum atomic E-state index is 5.89. The first kappa shape index (κ1) is 14.8. The van der Waals surface area contributed by atoms with E-state index in [-0.39, 0.29) is 0 Å². The van der Waals surface area contributed by atoms with Gasteiger partial charge in [0.05, 0.1) is 17.6 Å². The summed E-state index contributed by atoms with van der Waals surface area (Å²) < 4.78 is 0. The maximum absolute atomic E-state index is 5.89. The second kappa shape index (κ2) is 7.22. The molecule has 0 atom stereocenters. The quantitative estimate of drug-likeness (QED) is 0.802. The Balaban J connectivity index is 2.22. The number of benzene rings is 1. The minimum absolute atomic E-state index is 0.679. The number of rotatable bonds is 6. The Morgan fingerprint density at radius 3 is 2.65 bits per heavy atom. The predicted molar refractivity (Wildman–Crippen MR) is 84.0 cm³/mol. The molecule has 2 aromatic rings. The summed E-state index contributed by atoms with van der Waals surface area (Å²) in [5, 5.41) is 4.04. The van der Waals surface area contributed by atoms with Gasteiger partial charge in [0.25, 0.3) is 0 Å². The van der Waals surface area contributed by atoms with E-state index in [2.05, 4.69) is 22.2 Å². The monoisotopic (exact) mass is 290 g/mol. The molecule has 1 aromatic carbocycles. The van der Waals surface area contributed by atoms with Crippen molar-refractivity contribution in [3.63, 3.8) is 0 Å². The van der Waals surface area contributed by atoms with E-state index in [1.807, 2.05) is 30.5 Å². The summed E-state index contributed by atoms with van der Waals surface area (Å²) in [4.78, 5) is 9.04. The lowest BCUT2D eigenvalue weighted by Crippen LogP contribution is -2.11. The maximum Gasteiger partial charge on any atom is 0.159 e. The van der Waals surface area contributed by atoms with E-state index in [9.17, 15) is 0 Å². The van der Waals surface area contributed by atoms with Gasteiger partial charge in [-0.25, -0.2) is 9.97 Å². The molecule has 0 saturated heterocycles. The Bertz CT molecular complexity index is 554. The van der Waals surface area contributed by atoms with Crippen molar-refractivity contribution < 1.29 is 0 Å². The van der Waals surface area contributed by atoms with Gasteiger partial charge in [-0.3, -0.25) is 0 Å². The van der Waals surface area contributed by atoms with Crippen LogP contribution in [-0.4, -0.2) is 23.1 Å². The highest BCUT2D eigenvalue weighted by Gasteiger charge is 2.07. The Labute approximate surface area is 124 Å². The van der Waals surface area contributed by atoms with Crippen LogP contribution in [0.25, 0.3) is 11.4 Å². The predicted octanol–water partition coefficient (Wildman–Crippen LogP) is 3.12. The first-order valence-corrected chi connectivity index (χ1v) is 7.18. The van der Waals surface area contributed by atoms with Crippen molar-refractivity contribution in [1.82, 2.24) is 9.97 Å². The Kier molecular flexibility index (Phi) is 5.32. The average Bonchev–Trinajstić information content (AvgIpc) is 2.48. The van der Waals surface area contributed by atoms with E-state index in [0.717, 1.165) is 42.2 Å². The van der Waals surface area contributed by atoms with Gasteiger partial charge < -0.3 is 11.1 Å². The van der Waals surface area contributed by atoms with Crippen LogP contribution in [0.4, 0.5) is 5.69 Å². The average molecular weight is 291 g/mol. The van der Waals surface area contributed by atoms with E-state index < -0.39 is 0 Å². The standard InChI is InChI=1S/C15H19ClN4/c1-2-13-14(18-9-3-8-17)10-19-15(20-13)11-4-6-12(16)7-5-11/h4-7,10,18H,2-3,8-9,17H2,1H3. The molecule has 106 valence electrons. The first-order chi connectivity index (χ1) is 9.74. The molecule has 0 aliphatic rings. The number of aryl methyl sites for hydroxylation is 1. The van der Waals surface area contributed by atoms with Crippen LogP contribution in [0.1, 0.15) is 19.0 Å². The van der Waals surface area contributed by atoms with Gasteiger partial charge in [-0.1, -0.05) is 18.5 Å². The van der Waals surface area contributed by atoms with E-state index in [0.29, 0.717) is 11.6 Å². The van der Waals surface area contributed by atoms with E-state index in [1.165, 1.54) is 0 Å². The lowest BCUT2D eigenvalue weighted by Gasteiger charge is -2.11. The SMILES string of the molecule is CCc1nc(-c2ccc(Cl)cc2)ncc1NCCCN. The largest absolute Gasteiger partial charge is 0.382 e. The molecule has 5 heteroatoms. The van der Waals surface area contributed by atoms with E-state index in [4.69, 9.17) is 17.3 Å². The number of halogens is 1. The molecule has 0 unspecified atom stereocenters. The molecule has 0 fully saturated rings. The molecule has 0 bridgehead atoms. The molecular formula is C15H19ClN4. The fourth-order valence-corrected chi connectivity index (χ4v) is 2.02. The highest BCUT2D eigenvalue weighted by atomic mass is 35.5. The van der Waals surface area contributed by atoms with Gasteiger partial charge in [0.15, 0.2) is 5.82 Å². The van der Waals surface area contributed by atoms with Gasteiger partial charge in [0.1, 0.15) is 0 Å². The molecule has 0 saturated carbocycles. The second-order valence-electron chi connectivity index (χ2n) is 4.48. The van der Waals surface area contributed by atoms with E-state index in [1.54, 1.807) is 0 Å². The number of hydrogen-bond donors (Lipinski definition) is 2. The molecule has 2 rings (SSSR count). The molecule has 0 aliphatic carbocycles. The second-order valence-corrected chi connectivity index (χ2v) is 4.92.